The monoisotopic (exact) mass is 322 g/mol. The summed E-state index contributed by atoms with van der Waals surface area (Å²) in [6, 6.07) is 11.7. The van der Waals surface area contributed by atoms with E-state index in [1.165, 1.54) is 0 Å². The van der Waals surface area contributed by atoms with Crippen LogP contribution in [0.2, 0.25) is 0 Å². The van der Waals surface area contributed by atoms with Crippen molar-refractivity contribution in [3.8, 4) is 0 Å². The number of carbonyl (C=O) groups excluding carboxylic acids is 2. The zero-order valence-corrected chi connectivity index (χ0v) is 14.3. The molecule has 0 saturated heterocycles. The first-order valence-electron chi connectivity index (χ1n) is 8.25. The number of nitrogens with one attached hydrogen (secondary N) is 1. The first kappa shape index (κ1) is 16.4. The normalized spacial score (nSPS) is 11.3. The molecule has 24 heavy (non-hydrogen) atoms. The molecule has 0 amide bonds. The van der Waals surface area contributed by atoms with E-state index in [0.717, 1.165) is 41.3 Å². The lowest BCUT2D eigenvalue weighted by atomic mass is 10.0. The molecule has 1 aromatic heterocycles. The summed E-state index contributed by atoms with van der Waals surface area (Å²) in [6.45, 7) is 4.99. The third-order valence-electron chi connectivity index (χ3n) is 4.49. The van der Waals surface area contributed by atoms with E-state index in [-0.39, 0.29) is 11.6 Å². The van der Waals surface area contributed by atoms with Crippen LogP contribution in [0.25, 0.3) is 21.8 Å². The number of carbonyl (C=O) groups is 2. The van der Waals surface area contributed by atoms with Crippen molar-refractivity contribution in [3.63, 3.8) is 0 Å². The van der Waals surface area contributed by atoms with Gasteiger partial charge in [-0.15, -0.1) is 0 Å². The van der Waals surface area contributed by atoms with Crippen LogP contribution in [0.5, 0.6) is 0 Å². The van der Waals surface area contributed by atoms with Crippen LogP contribution >= 0.6 is 0 Å². The van der Waals surface area contributed by atoms with Crippen molar-refractivity contribution in [1.29, 1.82) is 0 Å². The van der Waals surface area contributed by atoms with Crippen LogP contribution in [0.3, 0.4) is 0 Å². The Bertz CT molecular complexity index is 866. The molecule has 1 N–H and O–H groups in total. The van der Waals surface area contributed by atoms with Gasteiger partial charge in [0.1, 0.15) is 0 Å². The van der Waals surface area contributed by atoms with Gasteiger partial charge in [0.05, 0.1) is 0 Å². The second-order valence-corrected chi connectivity index (χ2v) is 6.18. The summed E-state index contributed by atoms with van der Waals surface area (Å²) in [7, 11) is 1.95. The fourth-order valence-electron chi connectivity index (χ4n) is 3.20. The molecule has 3 rings (SSSR count). The second kappa shape index (κ2) is 6.57. The Morgan fingerprint density at radius 3 is 1.83 bits per heavy atom. The largest absolute Gasteiger partial charge is 0.340 e. The number of hydrogen-bond acceptors (Lipinski definition) is 3. The van der Waals surface area contributed by atoms with Crippen molar-refractivity contribution in [3.05, 3.63) is 47.5 Å². The number of aryl methyl sites for hydroxylation is 1. The highest BCUT2D eigenvalue weighted by Crippen LogP contribution is 2.31. The number of ketones is 2. The average Bonchev–Trinajstić information content (AvgIpc) is 2.88. The SMILES string of the molecule is CNCCCn1c2ccc(C(C)=O)cc2c2cc(C(C)=O)ccc21. The third kappa shape index (κ3) is 2.85. The summed E-state index contributed by atoms with van der Waals surface area (Å²) in [5.41, 5.74) is 3.61. The van der Waals surface area contributed by atoms with Crippen molar-refractivity contribution in [2.24, 2.45) is 0 Å². The summed E-state index contributed by atoms with van der Waals surface area (Å²) in [5.74, 6) is 0.103. The van der Waals surface area contributed by atoms with Crippen molar-refractivity contribution in [2.75, 3.05) is 13.6 Å². The minimum Gasteiger partial charge on any atom is -0.340 e. The van der Waals surface area contributed by atoms with Crippen LogP contribution in [0.1, 0.15) is 41.0 Å². The fraction of sp³-hybridized carbons (Fsp3) is 0.300. The number of nitrogens with zero attached hydrogens (tertiary/aromatic N) is 1. The summed E-state index contributed by atoms with van der Waals surface area (Å²) in [4.78, 5) is 23.5. The first-order chi connectivity index (χ1) is 11.5. The van der Waals surface area contributed by atoms with Gasteiger partial charge in [-0.2, -0.15) is 0 Å². The summed E-state index contributed by atoms with van der Waals surface area (Å²) in [6.07, 6.45) is 1.01. The molecule has 1 heterocycles. The molecule has 0 unspecified atom stereocenters. The van der Waals surface area contributed by atoms with Gasteiger partial charge in [0.15, 0.2) is 11.6 Å². The zero-order valence-electron chi connectivity index (χ0n) is 14.3. The predicted molar refractivity (Wildman–Crippen MR) is 98.0 cm³/mol. The Morgan fingerprint density at radius 1 is 0.917 bits per heavy atom. The standard InChI is InChI=1S/C20H22N2O2/c1-13(23)15-5-7-19-17(11-15)18-12-16(14(2)24)6-8-20(18)22(19)10-4-9-21-3/h5-8,11-12,21H,4,9-10H2,1-3H3. The van der Waals surface area contributed by atoms with Gasteiger partial charge >= 0.3 is 0 Å². The minimum atomic E-state index is 0.0516. The number of hydrogen-bond donors (Lipinski definition) is 1. The van der Waals surface area contributed by atoms with Crippen LogP contribution in [0.15, 0.2) is 36.4 Å². The summed E-state index contributed by atoms with van der Waals surface area (Å²) < 4.78 is 2.27. The van der Waals surface area contributed by atoms with Crippen LogP contribution in [0, 0.1) is 0 Å². The lowest BCUT2D eigenvalue weighted by Crippen LogP contribution is -2.10. The number of benzene rings is 2. The molecule has 3 aromatic rings. The van der Waals surface area contributed by atoms with E-state index in [4.69, 9.17) is 0 Å². The van der Waals surface area contributed by atoms with E-state index in [1.807, 2.05) is 43.4 Å². The third-order valence-corrected chi connectivity index (χ3v) is 4.49. The predicted octanol–water partition coefficient (Wildman–Crippen LogP) is 3.81. The van der Waals surface area contributed by atoms with Crippen molar-refractivity contribution < 1.29 is 9.59 Å². The van der Waals surface area contributed by atoms with E-state index in [9.17, 15) is 9.59 Å². The maximum Gasteiger partial charge on any atom is 0.159 e. The Morgan fingerprint density at radius 2 is 1.42 bits per heavy atom. The molecule has 0 bridgehead atoms. The summed E-state index contributed by atoms with van der Waals surface area (Å²) in [5, 5.41) is 5.24. The maximum atomic E-state index is 11.7. The van der Waals surface area contributed by atoms with E-state index in [2.05, 4.69) is 9.88 Å². The van der Waals surface area contributed by atoms with Crippen LogP contribution in [0.4, 0.5) is 0 Å². The lowest BCUT2D eigenvalue weighted by Gasteiger charge is -2.07. The summed E-state index contributed by atoms with van der Waals surface area (Å²) >= 11 is 0. The minimum absolute atomic E-state index is 0.0516. The van der Waals surface area contributed by atoms with Gasteiger partial charge in [-0.3, -0.25) is 9.59 Å². The van der Waals surface area contributed by atoms with Crippen LogP contribution in [-0.2, 0) is 6.54 Å². The van der Waals surface area contributed by atoms with Gasteiger partial charge in [-0.1, -0.05) is 0 Å². The number of Topliss-reactive ketones (excluding diaryl/α,β-unsaturated/α-hetero) is 2. The Hall–Kier alpha value is -2.46. The molecular formula is C20H22N2O2. The number of rotatable bonds is 6. The molecule has 124 valence electrons. The van der Waals surface area contributed by atoms with Crippen molar-refractivity contribution >= 4 is 33.4 Å². The Kier molecular flexibility index (Phi) is 4.49. The highest BCUT2D eigenvalue weighted by Gasteiger charge is 2.13. The van der Waals surface area contributed by atoms with Gasteiger partial charge in [0.2, 0.25) is 0 Å². The highest BCUT2D eigenvalue weighted by molar-refractivity contribution is 6.12. The molecule has 2 aromatic carbocycles. The number of fused-ring (bicyclic) bond motifs is 3. The van der Waals surface area contributed by atoms with Gasteiger partial charge in [-0.25, -0.2) is 0 Å². The highest BCUT2D eigenvalue weighted by atomic mass is 16.1. The van der Waals surface area contributed by atoms with Crippen LogP contribution < -0.4 is 5.32 Å². The molecule has 0 radical (unpaired) electrons. The second-order valence-electron chi connectivity index (χ2n) is 6.18. The Balaban J connectivity index is 2.27. The topological polar surface area (TPSA) is 51.1 Å². The molecule has 0 spiro atoms. The van der Waals surface area contributed by atoms with E-state index in [1.54, 1.807) is 13.8 Å². The average molecular weight is 322 g/mol. The van der Waals surface area contributed by atoms with Crippen LogP contribution in [-0.4, -0.2) is 29.7 Å². The van der Waals surface area contributed by atoms with Gasteiger partial charge in [-0.05, 0) is 70.3 Å². The van der Waals surface area contributed by atoms with Crippen molar-refractivity contribution in [2.45, 2.75) is 26.8 Å². The fourth-order valence-corrected chi connectivity index (χ4v) is 3.20. The first-order valence-corrected chi connectivity index (χ1v) is 8.25. The molecule has 4 heteroatoms. The van der Waals surface area contributed by atoms with E-state index >= 15 is 0 Å². The molecule has 4 nitrogen and oxygen atoms in total. The smallest absolute Gasteiger partial charge is 0.159 e. The molecular weight excluding hydrogens is 300 g/mol. The Labute approximate surface area is 141 Å². The zero-order chi connectivity index (χ0) is 17.3. The maximum absolute atomic E-state index is 11.7. The van der Waals surface area contributed by atoms with E-state index < -0.39 is 0 Å². The molecule has 0 aliphatic carbocycles. The van der Waals surface area contributed by atoms with Gasteiger partial charge in [0, 0.05) is 39.5 Å². The van der Waals surface area contributed by atoms with Crippen molar-refractivity contribution in [1.82, 2.24) is 9.88 Å². The quantitative estimate of drug-likeness (QED) is 0.554. The van der Waals surface area contributed by atoms with Gasteiger partial charge in [0.25, 0.3) is 0 Å². The molecule has 0 aliphatic rings. The van der Waals surface area contributed by atoms with E-state index in [0.29, 0.717) is 11.1 Å². The molecule has 0 atom stereocenters. The molecule has 0 aliphatic heterocycles. The lowest BCUT2D eigenvalue weighted by molar-refractivity contribution is 0.100. The molecule has 0 fully saturated rings. The molecule has 0 saturated carbocycles. The number of aromatic nitrogens is 1. The van der Waals surface area contributed by atoms with Gasteiger partial charge < -0.3 is 9.88 Å².